The molecule has 3 atom stereocenters. The van der Waals surface area contributed by atoms with Crippen molar-refractivity contribution in [2.24, 2.45) is 11.7 Å². The number of carboxylic acids is 1. The fourth-order valence-corrected chi connectivity index (χ4v) is 6.41. The lowest BCUT2D eigenvalue weighted by molar-refractivity contribution is -0.152. The highest BCUT2D eigenvalue weighted by Crippen LogP contribution is 2.21. The molecule has 14 heteroatoms. The van der Waals surface area contributed by atoms with Crippen molar-refractivity contribution >= 4 is 44.5 Å². The van der Waals surface area contributed by atoms with Crippen LogP contribution in [0.2, 0.25) is 0 Å². The number of ether oxygens (including phenoxy) is 1. The normalized spacial score (nSPS) is 20.7. The van der Waals surface area contributed by atoms with Gasteiger partial charge in [0.1, 0.15) is 6.04 Å². The summed E-state index contributed by atoms with van der Waals surface area (Å²) in [6.45, 7) is 1.47. The molecule has 0 aromatic heterocycles. The number of nitrogens with one attached hydrogen (secondary N) is 3. The molecule has 2 aliphatic heterocycles. The summed E-state index contributed by atoms with van der Waals surface area (Å²) >= 11 is 0. The van der Waals surface area contributed by atoms with E-state index in [1.54, 1.807) is 23.1 Å². The minimum absolute atomic E-state index is 0.0270. The topological polar surface area (TPSA) is 195 Å². The summed E-state index contributed by atoms with van der Waals surface area (Å²) in [4.78, 5) is 41.4. The lowest BCUT2D eigenvalue weighted by Crippen LogP contribution is -2.56. The number of carbonyl (C=O) groups is 3. The maximum atomic E-state index is 13.7. The van der Waals surface area contributed by atoms with Crippen LogP contribution >= 0.6 is 0 Å². The van der Waals surface area contributed by atoms with E-state index in [9.17, 15) is 27.9 Å². The summed E-state index contributed by atoms with van der Waals surface area (Å²) in [5.74, 6) is -2.68. The predicted octanol–water partition coefficient (Wildman–Crippen LogP) is 0.301. The molecule has 0 bridgehead atoms. The smallest absolute Gasteiger partial charge is 0.328 e. The Morgan fingerprint density at radius 2 is 1.88 bits per heavy atom. The third-order valence-electron chi connectivity index (χ3n) is 7.37. The van der Waals surface area contributed by atoms with Crippen molar-refractivity contribution in [2.75, 3.05) is 39.4 Å². The van der Waals surface area contributed by atoms with Gasteiger partial charge in [-0.1, -0.05) is 30.3 Å². The van der Waals surface area contributed by atoms with Crippen LogP contribution in [0.4, 0.5) is 0 Å². The van der Waals surface area contributed by atoms with Crippen LogP contribution in [-0.4, -0.2) is 98.5 Å². The van der Waals surface area contributed by atoms with Crippen LogP contribution in [0, 0.1) is 11.3 Å². The summed E-state index contributed by atoms with van der Waals surface area (Å²) in [6, 6.07) is 8.87. The maximum Gasteiger partial charge on any atom is 0.328 e. The second-order valence-corrected chi connectivity index (χ2v) is 12.1. The zero-order valence-electron chi connectivity index (χ0n) is 22.6. The molecule has 13 nitrogen and oxygen atoms in total. The van der Waals surface area contributed by atoms with E-state index in [0.717, 1.165) is 23.1 Å². The summed E-state index contributed by atoms with van der Waals surface area (Å²) < 4.78 is 34.6. The SMILES string of the molecule is N=C(N)N1CCC[C@@H](CNC(=O)C[C@H](NS(=O)(=O)c2ccc3ccccc3c2)C(=O)N2CCCOC[C@@H]2C(=O)O)C1. The van der Waals surface area contributed by atoms with Crippen LogP contribution in [0.1, 0.15) is 25.7 Å². The third kappa shape index (κ3) is 7.71. The van der Waals surface area contributed by atoms with Crippen LogP contribution in [0.15, 0.2) is 47.4 Å². The number of hydrogen-bond acceptors (Lipinski definition) is 7. The number of sulfonamides is 1. The van der Waals surface area contributed by atoms with Crippen LogP contribution in [0.3, 0.4) is 0 Å². The molecule has 4 rings (SSSR count). The average Bonchev–Trinajstić information content (AvgIpc) is 3.22. The zero-order valence-corrected chi connectivity index (χ0v) is 23.4. The quantitative estimate of drug-likeness (QED) is 0.202. The van der Waals surface area contributed by atoms with E-state index < -0.39 is 46.3 Å². The summed E-state index contributed by atoms with van der Waals surface area (Å²) in [5.41, 5.74) is 5.60. The van der Waals surface area contributed by atoms with Crippen molar-refractivity contribution in [1.29, 1.82) is 5.41 Å². The summed E-state index contributed by atoms with van der Waals surface area (Å²) in [7, 11) is -4.28. The first-order valence-corrected chi connectivity index (χ1v) is 15.0. The minimum Gasteiger partial charge on any atom is -0.480 e. The molecule has 222 valence electrons. The number of carboxylic acid groups (broad SMARTS) is 1. The minimum atomic E-state index is -4.28. The Morgan fingerprint density at radius 1 is 1.12 bits per heavy atom. The first-order valence-electron chi connectivity index (χ1n) is 13.5. The Kier molecular flexibility index (Phi) is 9.78. The number of guanidine groups is 1. The van der Waals surface area contributed by atoms with Crippen molar-refractivity contribution in [3.8, 4) is 0 Å². The van der Waals surface area contributed by atoms with Gasteiger partial charge >= 0.3 is 5.97 Å². The van der Waals surface area contributed by atoms with E-state index >= 15 is 0 Å². The molecule has 0 aliphatic carbocycles. The highest BCUT2D eigenvalue weighted by Gasteiger charge is 2.38. The van der Waals surface area contributed by atoms with Crippen molar-refractivity contribution in [3.63, 3.8) is 0 Å². The van der Waals surface area contributed by atoms with E-state index in [1.807, 2.05) is 12.1 Å². The molecule has 2 aromatic rings. The van der Waals surface area contributed by atoms with E-state index in [2.05, 4.69) is 10.0 Å². The highest BCUT2D eigenvalue weighted by atomic mass is 32.2. The fraction of sp³-hybridized carbons (Fsp3) is 0.481. The number of aliphatic carboxylic acids is 1. The molecule has 2 aromatic carbocycles. The Morgan fingerprint density at radius 3 is 2.61 bits per heavy atom. The van der Waals surface area contributed by atoms with Gasteiger partial charge < -0.3 is 30.7 Å². The van der Waals surface area contributed by atoms with Crippen molar-refractivity contribution < 1.29 is 32.6 Å². The zero-order chi connectivity index (χ0) is 29.6. The molecule has 2 saturated heterocycles. The average molecular weight is 589 g/mol. The summed E-state index contributed by atoms with van der Waals surface area (Å²) in [6.07, 6.45) is 1.45. The number of rotatable bonds is 9. The number of piperidine rings is 1. The number of amides is 2. The molecule has 0 radical (unpaired) electrons. The lowest BCUT2D eigenvalue weighted by atomic mass is 9.98. The first kappa shape index (κ1) is 30.2. The van der Waals surface area contributed by atoms with E-state index in [1.165, 1.54) is 12.1 Å². The van der Waals surface area contributed by atoms with E-state index in [0.29, 0.717) is 24.9 Å². The van der Waals surface area contributed by atoms with E-state index in [-0.39, 0.29) is 43.1 Å². The standard InChI is InChI=1S/C27H36N6O7S/c28-27(29)32-10-3-5-18(16-32)15-30-24(34)14-22(25(35)33-11-4-12-40-17-23(33)26(36)37)31-41(38,39)21-9-8-19-6-1-2-7-20(19)13-21/h1-2,6-9,13,18,22-23,31H,3-5,10-12,14-17H2,(H3,28,29)(H,30,34)(H,36,37)/t18-,22-,23+/m0/s1. The third-order valence-corrected chi connectivity index (χ3v) is 8.84. The number of benzene rings is 2. The molecule has 6 N–H and O–H groups in total. The van der Waals surface area contributed by atoms with Crippen LogP contribution in [0.25, 0.3) is 10.8 Å². The van der Waals surface area contributed by atoms with Crippen LogP contribution < -0.4 is 15.8 Å². The number of carbonyl (C=O) groups excluding carboxylic acids is 2. The second-order valence-electron chi connectivity index (χ2n) is 10.3. The van der Waals surface area contributed by atoms with Gasteiger partial charge in [-0.3, -0.25) is 15.0 Å². The molecule has 0 spiro atoms. The number of hydrogen-bond donors (Lipinski definition) is 5. The largest absolute Gasteiger partial charge is 0.480 e. The van der Waals surface area contributed by atoms with Gasteiger partial charge in [0.05, 0.1) is 17.9 Å². The Hall–Kier alpha value is -3.75. The first-order chi connectivity index (χ1) is 19.5. The molecule has 0 saturated carbocycles. The lowest BCUT2D eigenvalue weighted by Gasteiger charge is -2.33. The van der Waals surface area contributed by atoms with Gasteiger partial charge in [-0.15, -0.1) is 0 Å². The van der Waals surface area contributed by atoms with E-state index in [4.69, 9.17) is 15.9 Å². The molecule has 2 aliphatic rings. The van der Waals surface area contributed by atoms with Gasteiger partial charge in [0, 0.05) is 32.8 Å². The molecule has 41 heavy (non-hydrogen) atoms. The Bertz CT molecular complexity index is 1400. The van der Waals surface area contributed by atoms with Gasteiger partial charge in [0.2, 0.25) is 21.8 Å². The molecule has 2 fully saturated rings. The van der Waals surface area contributed by atoms with Gasteiger partial charge in [-0.2, -0.15) is 4.72 Å². The number of likely N-dealkylation sites (tertiary alicyclic amines) is 1. The van der Waals surface area contributed by atoms with Gasteiger partial charge in [-0.05, 0) is 48.1 Å². The number of nitrogens with zero attached hydrogens (tertiary/aromatic N) is 2. The van der Waals surface area contributed by atoms with Gasteiger partial charge in [0.25, 0.3) is 0 Å². The Labute approximate surface area is 238 Å². The van der Waals surface area contributed by atoms with Crippen LogP contribution in [0.5, 0.6) is 0 Å². The van der Waals surface area contributed by atoms with Crippen LogP contribution in [-0.2, 0) is 29.1 Å². The van der Waals surface area contributed by atoms with Crippen molar-refractivity contribution in [2.45, 2.75) is 42.7 Å². The van der Waals surface area contributed by atoms with Crippen molar-refractivity contribution in [3.05, 3.63) is 42.5 Å². The van der Waals surface area contributed by atoms with Crippen molar-refractivity contribution in [1.82, 2.24) is 19.8 Å². The predicted molar refractivity (Wildman–Crippen MR) is 150 cm³/mol. The molecular formula is C27H36N6O7S. The fourth-order valence-electron chi connectivity index (χ4n) is 5.18. The van der Waals surface area contributed by atoms with Gasteiger partial charge in [-0.25, -0.2) is 13.2 Å². The molecular weight excluding hydrogens is 552 g/mol. The number of fused-ring (bicyclic) bond motifs is 1. The summed E-state index contributed by atoms with van der Waals surface area (Å²) in [5, 5.41) is 21.7. The molecule has 0 unspecified atom stereocenters. The van der Waals surface area contributed by atoms with Gasteiger partial charge in [0.15, 0.2) is 12.0 Å². The molecule has 2 heterocycles. The Balaban J connectivity index is 1.54. The monoisotopic (exact) mass is 588 g/mol. The number of nitrogens with two attached hydrogens (primary N) is 1. The highest BCUT2D eigenvalue weighted by molar-refractivity contribution is 7.89. The maximum absolute atomic E-state index is 13.7. The molecule has 2 amide bonds. The second kappa shape index (κ2) is 13.3.